The number of hydrogen-bond donors (Lipinski definition) is 3. The summed E-state index contributed by atoms with van der Waals surface area (Å²) in [5, 5.41) is 16.4. The van der Waals surface area contributed by atoms with Gasteiger partial charge in [0.1, 0.15) is 6.54 Å². The summed E-state index contributed by atoms with van der Waals surface area (Å²) >= 11 is 0. The molecule has 0 bridgehead atoms. The zero-order valence-electron chi connectivity index (χ0n) is 16.6. The number of nitrogens with zero attached hydrogens (tertiary/aromatic N) is 4. The molecule has 152 valence electrons. The lowest BCUT2D eigenvalue weighted by molar-refractivity contribution is 0.787. The number of pyridine rings is 1. The molecule has 0 radical (unpaired) electrons. The van der Waals surface area contributed by atoms with E-state index < -0.39 is 0 Å². The van der Waals surface area contributed by atoms with Crippen molar-refractivity contribution in [2.24, 2.45) is 4.99 Å². The molecular weight excluding hydrogens is 477 g/mol. The van der Waals surface area contributed by atoms with Crippen LogP contribution in [0.3, 0.4) is 0 Å². The summed E-state index contributed by atoms with van der Waals surface area (Å²) < 4.78 is 1.96. The molecule has 0 aliphatic heterocycles. The van der Waals surface area contributed by atoms with Gasteiger partial charge in [-0.15, -0.1) is 34.2 Å². The lowest BCUT2D eigenvalue weighted by Crippen LogP contribution is -2.38. The average molecular weight is 503 g/mol. The zero-order valence-corrected chi connectivity index (χ0v) is 19.0. The van der Waals surface area contributed by atoms with Crippen LogP contribution in [-0.4, -0.2) is 38.6 Å². The van der Waals surface area contributed by atoms with E-state index in [9.17, 15) is 0 Å². The Kier molecular flexibility index (Phi) is 7.08. The molecule has 0 fully saturated rings. The summed E-state index contributed by atoms with van der Waals surface area (Å²) in [6.45, 7) is 6.26. The van der Waals surface area contributed by atoms with Gasteiger partial charge in [0.25, 0.3) is 0 Å². The predicted molar refractivity (Wildman–Crippen MR) is 128 cm³/mol. The van der Waals surface area contributed by atoms with Crippen LogP contribution in [0.2, 0.25) is 0 Å². The molecule has 3 heterocycles. The molecule has 3 aromatic heterocycles. The SMILES string of the molecule is CCNC(=NCc1nnc2ccccn12)NCCc1c(C)[nH]c2ccccc12.I. The zero-order chi connectivity index (χ0) is 19.3. The van der Waals surface area contributed by atoms with Crippen LogP contribution in [0.15, 0.2) is 53.7 Å². The minimum absolute atomic E-state index is 0. The van der Waals surface area contributed by atoms with E-state index in [0.717, 1.165) is 36.9 Å². The molecule has 0 saturated carbocycles. The minimum Gasteiger partial charge on any atom is -0.358 e. The molecule has 4 rings (SSSR count). The van der Waals surface area contributed by atoms with E-state index in [4.69, 9.17) is 0 Å². The van der Waals surface area contributed by atoms with Gasteiger partial charge in [-0.3, -0.25) is 4.40 Å². The molecule has 1 aromatic carbocycles. The molecular formula is C21H26IN7. The number of aliphatic imine (C=N–C) groups is 1. The highest BCUT2D eigenvalue weighted by Gasteiger charge is 2.08. The molecule has 29 heavy (non-hydrogen) atoms. The predicted octanol–water partition coefficient (Wildman–Crippen LogP) is 3.43. The first-order valence-electron chi connectivity index (χ1n) is 9.63. The number of guanidine groups is 1. The van der Waals surface area contributed by atoms with Crippen molar-refractivity contribution in [2.75, 3.05) is 13.1 Å². The number of rotatable bonds is 6. The van der Waals surface area contributed by atoms with E-state index in [1.54, 1.807) is 0 Å². The lowest BCUT2D eigenvalue weighted by Gasteiger charge is -2.11. The third kappa shape index (κ3) is 4.69. The number of fused-ring (bicyclic) bond motifs is 2. The van der Waals surface area contributed by atoms with Crippen molar-refractivity contribution in [3.63, 3.8) is 0 Å². The van der Waals surface area contributed by atoms with Crippen molar-refractivity contribution in [3.05, 3.63) is 65.7 Å². The topological polar surface area (TPSA) is 82.4 Å². The van der Waals surface area contributed by atoms with E-state index in [2.05, 4.69) is 68.9 Å². The Morgan fingerprint density at radius 2 is 1.93 bits per heavy atom. The molecule has 0 unspecified atom stereocenters. The molecule has 8 heteroatoms. The van der Waals surface area contributed by atoms with E-state index in [0.29, 0.717) is 6.54 Å². The summed E-state index contributed by atoms with van der Waals surface area (Å²) in [4.78, 5) is 8.13. The van der Waals surface area contributed by atoms with Gasteiger partial charge in [-0.2, -0.15) is 0 Å². The summed E-state index contributed by atoms with van der Waals surface area (Å²) in [7, 11) is 0. The van der Waals surface area contributed by atoms with Gasteiger partial charge in [-0.05, 0) is 44.0 Å². The van der Waals surface area contributed by atoms with Crippen molar-refractivity contribution in [1.29, 1.82) is 0 Å². The fourth-order valence-corrected chi connectivity index (χ4v) is 3.45. The molecule has 7 nitrogen and oxygen atoms in total. The van der Waals surface area contributed by atoms with Crippen molar-refractivity contribution in [3.8, 4) is 0 Å². The second-order valence-electron chi connectivity index (χ2n) is 6.69. The average Bonchev–Trinajstić information content (AvgIpc) is 3.27. The van der Waals surface area contributed by atoms with Gasteiger partial charge in [0, 0.05) is 35.9 Å². The Balaban J connectivity index is 0.00000240. The highest BCUT2D eigenvalue weighted by atomic mass is 127. The van der Waals surface area contributed by atoms with Crippen LogP contribution in [0.1, 0.15) is 24.0 Å². The number of para-hydroxylation sites is 1. The second-order valence-corrected chi connectivity index (χ2v) is 6.69. The smallest absolute Gasteiger partial charge is 0.191 e. The van der Waals surface area contributed by atoms with E-state index in [-0.39, 0.29) is 24.0 Å². The molecule has 0 saturated heterocycles. The third-order valence-electron chi connectivity index (χ3n) is 4.80. The van der Waals surface area contributed by atoms with Gasteiger partial charge >= 0.3 is 0 Å². The largest absolute Gasteiger partial charge is 0.358 e. The maximum atomic E-state index is 4.67. The number of aryl methyl sites for hydroxylation is 1. The molecule has 0 aliphatic rings. The lowest BCUT2D eigenvalue weighted by atomic mass is 10.1. The number of halogens is 1. The molecule has 0 aliphatic carbocycles. The second kappa shape index (κ2) is 9.73. The van der Waals surface area contributed by atoms with Crippen LogP contribution in [0.4, 0.5) is 0 Å². The first-order valence-corrected chi connectivity index (χ1v) is 9.63. The number of aromatic nitrogens is 4. The van der Waals surface area contributed by atoms with E-state index in [1.807, 2.05) is 28.8 Å². The van der Waals surface area contributed by atoms with Gasteiger partial charge in [0.2, 0.25) is 0 Å². The van der Waals surface area contributed by atoms with Crippen LogP contribution >= 0.6 is 24.0 Å². The molecule has 4 aromatic rings. The Morgan fingerprint density at radius 3 is 2.79 bits per heavy atom. The fraction of sp³-hybridized carbons (Fsp3) is 0.286. The quantitative estimate of drug-likeness (QED) is 0.214. The first kappa shape index (κ1) is 21.1. The van der Waals surface area contributed by atoms with Crippen molar-refractivity contribution >= 4 is 46.5 Å². The van der Waals surface area contributed by atoms with Gasteiger partial charge < -0.3 is 15.6 Å². The number of benzene rings is 1. The van der Waals surface area contributed by atoms with Crippen molar-refractivity contribution in [2.45, 2.75) is 26.8 Å². The number of aromatic amines is 1. The van der Waals surface area contributed by atoms with Crippen molar-refractivity contribution < 1.29 is 0 Å². The van der Waals surface area contributed by atoms with Crippen LogP contribution in [-0.2, 0) is 13.0 Å². The van der Waals surface area contributed by atoms with Crippen LogP contribution < -0.4 is 10.6 Å². The molecule has 0 atom stereocenters. The molecule has 0 spiro atoms. The van der Waals surface area contributed by atoms with Crippen molar-refractivity contribution in [1.82, 2.24) is 30.2 Å². The maximum Gasteiger partial charge on any atom is 0.191 e. The number of H-pyrrole nitrogens is 1. The Labute approximate surface area is 187 Å². The minimum atomic E-state index is 0. The Hall–Kier alpha value is -2.62. The summed E-state index contributed by atoms with van der Waals surface area (Å²) in [5.41, 5.74) is 4.59. The number of nitrogens with one attached hydrogen (secondary N) is 3. The van der Waals surface area contributed by atoms with Gasteiger partial charge in [-0.25, -0.2) is 4.99 Å². The molecule has 3 N–H and O–H groups in total. The first-order chi connectivity index (χ1) is 13.8. The maximum absolute atomic E-state index is 4.67. The molecule has 0 amide bonds. The summed E-state index contributed by atoms with van der Waals surface area (Å²) in [6, 6.07) is 14.3. The summed E-state index contributed by atoms with van der Waals surface area (Å²) in [5.74, 6) is 1.60. The summed E-state index contributed by atoms with van der Waals surface area (Å²) in [6.07, 6.45) is 2.88. The Morgan fingerprint density at radius 1 is 1.10 bits per heavy atom. The monoisotopic (exact) mass is 503 g/mol. The van der Waals surface area contributed by atoms with Crippen LogP contribution in [0.25, 0.3) is 16.6 Å². The standard InChI is InChI=1S/C21H25N7.HI/c1-3-22-21(24-14-20-27-26-19-10-6-7-13-28(19)20)23-12-11-16-15(2)25-18-9-5-4-8-17(16)18;/h4-10,13,25H,3,11-12,14H2,1-2H3,(H2,22,23,24);1H. The highest BCUT2D eigenvalue weighted by Crippen LogP contribution is 2.21. The number of hydrogen-bond acceptors (Lipinski definition) is 3. The van der Waals surface area contributed by atoms with Crippen LogP contribution in [0, 0.1) is 6.92 Å². The van der Waals surface area contributed by atoms with Gasteiger partial charge in [0.05, 0.1) is 0 Å². The Bertz CT molecular complexity index is 1110. The fourth-order valence-electron chi connectivity index (χ4n) is 3.45. The normalized spacial score (nSPS) is 11.6. The highest BCUT2D eigenvalue weighted by molar-refractivity contribution is 14.0. The third-order valence-corrected chi connectivity index (χ3v) is 4.80. The van der Waals surface area contributed by atoms with Gasteiger partial charge in [-0.1, -0.05) is 24.3 Å². The van der Waals surface area contributed by atoms with Gasteiger partial charge in [0.15, 0.2) is 17.4 Å². The van der Waals surface area contributed by atoms with Crippen LogP contribution in [0.5, 0.6) is 0 Å². The van der Waals surface area contributed by atoms with E-state index >= 15 is 0 Å². The van der Waals surface area contributed by atoms with E-state index in [1.165, 1.54) is 22.2 Å².